The fraction of sp³-hybridized carbons (Fsp3) is 0.375. The van der Waals surface area contributed by atoms with E-state index in [1.165, 1.54) is 0 Å². The first-order chi connectivity index (χ1) is 14.6. The molecule has 6 nitrogen and oxygen atoms in total. The summed E-state index contributed by atoms with van der Waals surface area (Å²) < 4.78 is 11.5. The van der Waals surface area contributed by atoms with Crippen molar-refractivity contribution >= 4 is 5.96 Å². The SMILES string of the molecule is C=CCOc1ccccc1CNC(=NC)NCc1ccc(OCCCN(C)C)cc1. The van der Waals surface area contributed by atoms with E-state index in [0.717, 1.165) is 48.2 Å². The topological polar surface area (TPSA) is 58.1 Å². The number of hydrogen-bond acceptors (Lipinski definition) is 4. The largest absolute Gasteiger partial charge is 0.494 e. The van der Waals surface area contributed by atoms with E-state index in [0.29, 0.717) is 19.7 Å². The van der Waals surface area contributed by atoms with Crippen LogP contribution in [0.5, 0.6) is 11.5 Å². The van der Waals surface area contributed by atoms with Gasteiger partial charge >= 0.3 is 0 Å². The van der Waals surface area contributed by atoms with Gasteiger partial charge in [0.15, 0.2) is 5.96 Å². The molecule has 0 heterocycles. The molecule has 0 radical (unpaired) electrons. The van der Waals surface area contributed by atoms with Crippen molar-refractivity contribution in [2.75, 3.05) is 40.9 Å². The van der Waals surface area contributed by atoms with Gasteiger partial charge in [-0.1, -0.05) is 43.0 Å². The highest BCUT2D eigenvalue weighted by molar-refractivity contribution is 5.79. The molecule has 2 aromatic rings. The second-order valence-electron chi connectivity index (χ2n) is 7.14. The van der Waals surface area contributed by atoms with Crippen LogP contribution in [0.4, 0.5) is 0 Å². The summed E-state index contributed by atoms with van der Waals surface area (Å²) in [5.74, 6) is 2.48. The Morgan fingerprint density at radius 1 is 1.03 bits per heavy atom. The van der Waals surface area contributed by atoms with E-state index < -0.39 is 0 Å². The predicted octanol–water partition coefficient (Wildman–Crippen LogP) is 3.45. The molecule has 0 aliphatic carbocycles. The number of para-hydroxylation sites is 1. The summed E-state index contributed by atoms with van der Waals surface area (Å²) in [7, 11) is 5.90. The Morgan fingerprint density at radius 2 is 1.77 bits per heavy atom. The van der Waals surface area contributed by atoms with Gasteiger partial charge in [-0.05, 0) is 44.3 Å². The van der Waals surface area contributed by atoms with Crippen molar-refractivity contribution in [3.63, 3.8) is 0 Å². The van der Waals surface area contributed by atoms with Gasteiger partial charge in [-0.3, -0.25) is 4.99 Å². The molecule has 6 heteroatoms. The third-order valence-corrected chi connectivity index (χ3v) is 4.40. The minimum Gasteiger partial charge on any atom is -0.494 e. The fourth-order valence-electron chi connectivity index (χ4n) is 2.80. The highest BCUT2D eigenvalue weighted by Crippen LogP contribution is 2.17. The van der Waals surface area contributed by atoms with Crippen LogP contribution < -0.4 is 20.1 Å². The molecular formula is C24H34N4O2. The first kappa shape index (κ1) is 23.3. The second kappa shape index (κ2) is 13.3. The van der Waals surface area contributed by atoms with Crippen LogP contribution in [0.15, 0.2) is 66.2 Å². The first-order valence-electron chi connectivity index (χ1n) is 10.2. The minimum atomic E-state index is 0.485. The molecule has 0 saturated carbocycles. The zero-order valence-corrected chi connectivity index (χ0v) is 18.4. The van der Waals surface area contributed by atoms with Crippen LogP contribution in [0, 0.1) is 0 Å². The number of benzene rings is 2. The average Bonchev–Trinajstić information content (AvgIpc) is 2.76. The summed E-state index contributed by atoms with van der Waals surface area (Å²) in [6, 6.07) is 16.1. The molecule has 2 N–H and O–H groups in total. The lowest BCUT2D eigenvalue weighted by Gasteiger charge is -2.15. The van der Waals surface area contributed by atoms with E-state index in [2.05, 4.69) is 53.3 Å². The van der Waals surface area contributed by atoms with Crippen molar-refractivity contribution in [1.82, 2.24) is 15.5 Å². The molecule has 30 heavy (non-hydrogen) atoms. The van der Waals surface area contributed by atoms with E-state index in [9.17, 15) is 0 Å². The van der Waals surface area contributed by atoms with Crippen molar-refractivity contribution in [3.8, 4) is 11.5 Å². The predicted molar refractivity (Wildman–Crippen MR) is 124 cm³/mol. The van der Waals surface area contributed by atoms with Crippen LogP contribution in [0.25, 0.3) is 0 Å². The molecule has 0 fully saturated rings. The Kier molecular flexibility index (Phi) is 10.3. The summed E-state index contributed by atoms with van der Waals surface area (Å²) in [6.07, 6.45) is 2.75. The van der Waals surface area contributed by atoms with Crippen LogP contribution in [0.1, 0.15) is 17.5 Å². The molecule has 0 aliphatic rings. The molecule has 2 aromatic carbocycles. The lowest BCUT2D eigenvalue weighted by Crippen LogP contribution is -2.36. The fourth-order valence-corrected chi connectivity index (χ4v) is 2.80. The van der Waals surface area contributed by atoms with E-state index in [1.54, 1.807) is 13.1 Å². The smallest absolute Gasteiger partial charge is 0.191 e. The normalized spacial score (nSPS) is 11.3. The highest BCUT2D eigenvalue weighted by atomic mass is 16.5. The maximum atomic E-state index is 5.78. The molecule has 2 rings (SSSR count). The summed E-state index contributed by atoms with van der Waals surface area (Å²) in [4.78, 5) is 6.46. The Bertz CT molecular complexity index is 788. The maximum absolute atomic E-state index is 5.78. The van der Waals surface area contributed by atoms with Gasteiger partial charge in [0.1, 0.15) is 18.1 Å². The molecule has 0 atom stereocenters. The van der Waals surface area contributed by atoms with E-state index in [4.69, 9.17) is 9.47 Å². The van der Waals surface area contributed by atoms with Crippen molar-refractivity contribution in [2.45, 2.75) is 19.5 Å². The molecular weight excluding hydrogens is 376 g/mol. The Morgan fingerprint density at radius 3 is 2.47 bits per heavy atom. The first-order valence-corrected chi connectivity index (χ1v) is 10.2. The van der Waals surface area contributed by atoms with Crippen LogP contribution in [0.2, 0.25) is 0 Å². The molecule has 0 aliphatic heterocycles. The Hall–Kier alpha value is -2.99. The number of guanidine groups is 1. The molecule has 0 aromatic heterocycles. The quantitative estimate of drug-likeness (QED) is 0.243. The third kappa shape index (κ3) is 8.57. The average molecular weight is 411 g/mol. The van der Waals surface area contributed by atoms with E-state index >= 15 is 0 Å². The molecule has 0 amide bonds. The summed E-state index contributed by atoms with van der Waals surface area (Å²) in [6.45, 7) is 7.23. The van der Waals surface area contributed by atoms with Gasteiger partial charge in [0.2, 0.25) is 0 Å². The van der Waals surface area contributed by atoms with Crippen LogP contribution in [-0.2, 0) is 13.1 Å². The van der Waals surface area contributed by atoms with Crippen molar-refractivity contribution < 1.29 is 9.47 Å². The maximum Gasteiger partial charge on any atom is 0.191 e. The second-order valence-corrected chi connectivity index (χ2v) is 7.14. The van der Waals surface area contributed by atoms with Crippen LogP contribution >= 0.6 is 0 Å². The standard InChI is InChI=1S/C24H34N4O2/c1-5-16-30-23-10-7-6-9-21(23)19-27-24(25-2)26-18-20-11-13-22(14-12-20)29-17-8-15-28(3)4/h5-7,9-14H,1,8,15-19H2,2-4H3,(H2,25,26,27). The van der Waals surface area contributed by atoms with Crippen molar-refractivity contribution in [2.24, 2.45) is 4.99 Å². The molecule has 0 bridgehead atoms. The summed E-state index contributed by atoms with van der Waals surface area (Å²) >= 11 is 0. The van der Waals surface area contributed by atoms with Crippen molar-refractivity contribution in [3.05, 3.63) is 72.3 Å². The van der Waals surface area contributed by atoms with Gasteiger partial charge < -0.3 is 25.0 Å². The zero-order chi connectivity index (χ0) is 21.6. The van der Waals surface area contributed by atoms with E-state index in [1.807, 2.05) is 36.4 Å². The van der Waals surface area contributed by atoms with Gasteiger partial charge in [-0.25, -0.2) is 0 Å². The minimum absolute atomic E-state index is 0.485. The number of nitrogens with one attached hydrogen (secondary N) is 2. The summed E-state index contributed by atoms with van der Waals surface area (Å²) in [5.41, 5.74) is 2.23. The summed E-state index contributed by atoms with van der Waals surface area (Å²) in [5, 5.41) is 6.67. The molecule has 0 spiro atoms. The molecule has 162 valence electrons. The van der Waals surface area contributed by atoms with Crippen LogP contribution in [-0.4, -0.2) is 51.8 Å². The lowest BCUT2D eigenvalue weighted by atomic mass is 10.2. The molecule has 0 unspecified atom stereocenters. The Balaban J connectivity index is 1.78. The molecule has 0 saturated heterocycles. The lowest BCUT2D eigenvalue weighted by molar-refractivity contribution is 0.281. The number of rotatable bonds is 12. The van der Waals surface area contributed by atoms with Gasteiger partial charge in [0.25, 0.3) is 0 Å². The monoisotopic (exact) mass is 410 g/mol. The highest BCUT2D eigenvalue weighted by Gasteiger charge is 2.04. The van der Waals surface area contributed by atoms with E-state index in [-0.39, 0.29) is 0 Å². The Labute approximate surface area is 180 Å². The number of ether oxygens (including phenoxy) is 2. The number of hydrogen-bond donors (Lipinski definition) is 2. The van der Waals surface area contributed by atoms with Gasteiger partial charge in [0, 0.05) is 32.2 Å². The zero-order valence-electron chi connectivity index (χ0n) is 18.4. The van der Waals surface area contributed by atoms with Crippen molar-refractivity contribution in [1.29, 1.82) is 0 Å². The van der Waals surface area contributed by atoms with Gasteiger partial charge in [-0.2, -0.15) is 0 Å². The third-order valence-electron chi connectivity index (χ3n) is 4.40. The number of nitrogens with zero attached hydrogens (tertiary/aromatic N) is 2. The van der Waals surface area contributed by atoms with Gasteiger partial charge in [-0.15, -0.1) is 0 Å². The van der Waals surface area contributed by atoms with Gasteiger partial charge in [0.05, 0.1) is 6.61 Å². The van der Waals surface area contributed by atoms with Crippen LogP contribution in [0.3, 0.4) is 0 Å². The number of aliphatic imine (C=N–C) groups is 1.